The minimum atomic E-state index is -5.03. The van der Waals surface area contributed by atoms with Crippen LogP contribution in [-0.2, 0) is 39.4 Å². The van der Waals surface area contributed by atoms with Gasteiger partial charge in [-0.3, -0.25) is 18.6 Å². The van der Waals surface area contributed by atoms with E-state index < -0.39 is 115 Å². The van der Waals surface area contributed by atoms with Crippen molar-refractivity contribution in [3.63, 3.8) is 0 Å². The second-order valence-electron chi connectivity index (χ2n) is 10.7. The molecule has 48 heavy (non-hydrogen) atoms. The quantitative estimate of drug-likeness (QED) is 0.121. The van der Waals surface area contributed by atoms with E-state index >= 15 is 4.39 Å². The number of carbonyl (C=O) groups excluding carboxylic acids is 3. The highest BCUT2D eigenvalue weighted by Gasteiger charge is 2.67. The van der Waals surface area contributed by atoms with Gasteiger partial charge in [0.2, 0.25) is 5.91 Å². The summed E-state index contributed by atoms with van der Waals surface area (Å²) in [5.41, 5.74) is -3.33. The lowest BCUT2D eigenvalue weighted by molar-refractivity contribution is -0.140. The van der Waals surface area contributed by atoms with Gasteiger partial charge in [-0.1, -0.05) is 23.7 Å². The van der Waals surface area contributed by atoms with Gasteiger partial charge >= 0.3 is 12.4 Å². The van der Waals surface area contributed by atoms with Crippen LogP contribution < -0.4 is 5.32 Å². The Kier molecular flexibility index (Phi) is 11.0. The molecule has 4 rings (SSSR count). The van der Waals surface area contributed by atoms with Crippen LogP contribution in [-0.4, -0.2) is 43.7 Å². The summed E-state index contributed by atoms with van der Waals surface area (Å²) in [5.74, 6) is -12.3. The molecule has 0 bridgehead atoms. The van der Waals surface area contributed by atoms with Crippen molar-refractivity contribution >= 4 is 68.8 Å². The van der Waals surface area contributed by atoms with E-state index in [0.717, 1.165) is 24.3 Å². The molecule has 1 aliphatic rings. The summed E-state index contributed by atoms with van der Waals surface area (Å²) in [7, 11) is -2.66. The van der Waals surface area contributed by atoms with Crippen molar-refractivity contribution in [3.05, 3.63) is 98.8 Å². The summed E-state index contributed by atoms with van der Waals surface area (Å²) in [5, 5.41) is 2.25. The number of hydrogen-bond acceptors (Lipinski definition) is 4. The number of ketones is 2. The molecule has 1 amide bonds. The van der Waals surface area contributed by atoms with Gasteiger partial charge in [0.25, 0.3) is 0 Å². The number of nitrogens with one attached hydrogen (secondary N) is 1. The molecule has 5 nitrogen and oxygen atoms in total. The van der Waals surface area contributed by atoms with E-state index in [1.165, 1.54) is 12.1 Å². The van der Waals surface area contributed by atoms with Gasteiger partial charge in [-0.05, 0) is 47.5 Å². The molecular formula is C30H19Cl3F9NO4S. The molecule has 0 heterocycles. The highest BCUT2D eigenvalue weighted by Crippen LogP contribution is 2.65. The molecular weight excluding hydrogens is 748 g/mol. The van der Waals surface area contributed by atoms with E-state index in [4.69, 9.17) is 34.8 Å². The third-order valence-electron chi connectivity index (χ3n) is 7.16. The van der Waals surface area contributed by atoms with Crippen molar-refractivity contribution in [2.75, 3.05) is 16.8 Å². The first-order valence-corrected chi connectivity index (χ1v) is 16.0. The molecule has 1 fully saturated rings. The van der Waals surface area contributed by atoms with Crippen LogP contribution in [0.15, 0.2) is 48.5 Å². The standard InChI is InChI=1S/C30H19Cl3F9NO4S/c31-20-4-3-15(43-27(46)25-24(29(25,32)33)13-1-6-22(35)19(7-13)30(40,41)42)9-17(20)23(45)8-14-2-5-21(34)18(26(14)36)10-16(44)11-48(47)12-28(37,38)39/h1-7,9,24-25H,8,10-12H2,(H,43,46)/t24-,25+,48?/m0/s1. The van der Waals surface area contributed by atoms with Crippen LogP contribution in [0.3, 0.4) is 0 Å². The maximum atomic E-state index is 15.2. The maximum absolute atomic E-state index is 15.2. The highest BCUT2D eigenvalue weighted by atomic mass is 35.5. The van der Waals surface area contributed by atoms with Gasteiger partial charge in [0, 0.05) is 46.4 Å². The summed E-state index contributed by atoms with van der Waals surface area (Å²) < 4.78 is 130. The van der Waals surface area contributed by atoms with E-state index in [0.29, 0.717) is 12.1 Å². The fourth-order valence-corrected chi connectivity index (χ4v) is 6.91. The van der Waals surface area contributed by atoms with Gasteiger partial charge in [0.1, 0.15) is 33.3 Å². The summed E-state index contributed by atoms with van der Waals surface area (Å²) in [6, 6.07) is 7.22. The largest absolute Gasteiger partial charge is 0.419 e. The molecule has 0 saturated heterocycles. The number of rotatable bonds is 11. The molecule has 258 valence electrons. The van der Waals surface area contributed by atoms with Crippen LogP contribution in [0.2, 0.25) is 5.02 Å². The molecule has 1 saturated carbocycles. The highest BCUT2D eigenvalue weighted by molar-refractivity contribution is 7.85. The lowest BCUT2D eigenvalue weighted by Gasteiger charge is -2.12. The zero-order valence-electron chi connectivity index (χ0n) is 23.7. The Labute approximate surface area is 283 Å². The smallest absolute Gasteiger partial charge is 0.326 e. The number of alkyl halides is 8. The van der Waals surface area contributed by atoms with Gasteiger partial charge in [-0.15, -0.1) is 23.2 Å². The second-order valence-corrected chi connectivity index (χ2v) is 14.0. The number of anilines is 1. The maximum Gasteiger partial charge on any atom is 0.419 e. The molecule has 1 aliphatic carbocycles. The monoisotopic (exact) mass is 765 g/mol. The van der Waals surface area contributed by atoms with E-state index in [2.05, 4.69) is 5.32 Å². The van der Waals surface area contributed by atoms with E-state index in [1.54, 1.807) is 0 Å². The molecule has 1 unspecified atom stereocenters. The predicted molar refractivity (Wildman–Crippen MR) is 159 cm³/mol. The average Bonchev–Trinajstić information content (AvgIpc) is 3.53. The minimum absolute atomic E-state index is 0.0599. The Morgan fingerprint density at radius 3 is 2.15 bits per heavy atom. The van der Waals surface area contributed by atoms with Crippen molar-refractivity contribution < 1.29 is 58.1 Å². The molecule has 0 radical (unpaired) electrons. The van der Waals surface area contributed by atoms with Crippen molar-refractivity contribution in [2.24, 2.45) is 5.92 Å². The van der Waals surface area contributed by atoms with Crippen LogP contribution in [0.25, 0.3) is 0 Å². The number of Topliss-reactive ketones (excluding diaryl/α,β-unsaturated/α-hetero) is 2. The summed E-state index contributed by atoms with van der Waals surface area (Å²) >= 11 is 18.5. The summed E-state index contributed by atoms with van der Waals surface area (Å²) in [4.78, 5) is 38.3. The molecule has 18 heteroatoms. The molecule has 3 atom stereocenters. The first-order valence-electron chi connectivity index (χ1n) is 13.4. The first-order chi connectivity index (χ1) is 22.1. The first kappa shape index (κ1) is 37.7. The SMILES string of the molecule is O=C(Cc1c(F)ccc(CC(=O)c2cc(NC(=O)[C@H]3[C@H](c4ccc(F)c(C(F)(F)F)c4)C3(Cl)Cl)ccc2Cl)c1F)CS(=O)CC(F)(F)F. The number of amides is 1. The summed E-state index contributed by atoms with van der Waals surface area (Å²) in [6.07, 6.45) is -11.6. The van der Waals surface area contributed by atoms with E-state index in [9.17, 15) is 53.7 Å². The zero-order valence-corrected chi connectivity index (χ0v) is 26.8. The number of halogens is 12. The van der Waals surface area contributed by atoms with Gasteiger partial charge in [0.05, 0.1) is 22.3 Å². The van der Waals surface area contributed by atoms with Crippen molar-refractivity contribution in [1.29, 1.82) is 0 Å². The van der Waals surface area contributed by atoms with Crippen LogP contribution in [0.1, 0.15) is 38.5 Å². The Hall–Kier alpha value is -3.14. The van der Waals surface area contributed by atoms with Gasteiger partial charge in [-0.2, -0.15) is 26.3 Å². The molecule has 3 aromatic rings. The van der Waals surface area contributed by atoms with Crippen LogP contribution in [0.5, 0.6) is 0 Å². The number of hydrogen-bond donors (Lipinski definition) is 1. The van der Waals surface area contributed by atoms with Crippen LogP contribution in [0.4, 0.5) is 45.2 Å². The van der Waals surface area contributed by atoms with Crippen molar-refractivity contribution in [2.45, 2.75) is 35.4 Å². The molecule has 3 aromatic carbocycles. The fourth-order valence-electron chi connectivity index (χ4n) is 4.93. The van der Waals surface area contributed by atoms with Crippen LogP contribution in [0, 0.1) is 23.4 Å². The Balaban J connectivity index is 1.48. The topological polar surface area (TPSA) is 80.3 Å². The Morgan fingerprint density at radius 2 is 1.52 bits per heavy atom. The van der Waals surface area contributed by atoms with Gasteiger partial charge < -0.3 is 5.32 Å². The fraction of sp³-hybridized carbons (Fsp3) is 0.300. The van der Waals surface area contributed by atoms with Crippen LogP contribution >= 0.6 is 34.8 Å². The Morgan fingerprint density at radius 1 is 0.875 bits per heavy atom. The molecule has 1 N–H and O–H groups in total. The van der Waals surface area contributed by atoms with Gasteiger partial charge in [-0.25, -0.2) is 13.2 Å². The average molecular weight is 767 g/mol. The number of benzene rings is 3. The Bertz CT molecular complexity index is 1820. The molecule has 0 aromatic heterocycles. The third kappa shape index (κ3) is 8.71. The molecule has 0 aliphatic heterocycles. The predicted octanol–water partition coefficient (Wildman–Crippen LogP) is 8.15. The lowest BCUT2D eigenvalue weighted by Crippen LogP contribution is -2.24. The third-order valence-corrected chi connectivity index (χ3v) is 9.73. The summed E-state index contributed by atoms with van der Waals surface area (Å²) in [6.45, 7) is 0. The number of carbonyl (C=O) groups is 3. The van der Waals surface area contributed by atoms with Crippen molar-refractivity contribution in [1.82, 2.24) is 0 Å². The van der Waals surface area contributed by atoms with E-state index in [1.807, 2.05) is 0 Å². The van der Waals surface area contributed by atoms with Crippen molar-refractivity contribution in [3.8, 4) is 0 Å². The lowest BCUT2D eigenvalue weighted by atomic mass is 9.98. The molecule has 0 spiro atoms. The van der Waals surface area contributed by atoms with Gasteiger partial charge in [0.15, 0.2) is 5.78 Å². The minimum Gasteiger partial charge on any atom is -0.326 e. The normalized spacial score (nSPS) is 17.9. The zero-order chi connectivity index (χ0) is 35.9. The van der Waals surface area contributed by atoms with E-state index in [-0.39, 0.29) is 21.8 Å². The second kappa shape index (κ2) is 14.0.